The van der Waals surface area contributed by atoms with Crippen molar-refractivity contribution in [1.29, 1.82) is 0 Å². The first-order valence-electron chi connectivity index (χ1n) is 10.9. The molecule has 0 aliphatic carbocycles. The van der Waals surface area contributed by atoms with Gasteiger partial charge in [0.25, 0.3) is 5.91 Å². The van der Waals surface area contributed by atoms with E-state index >= 15 is 0 Å². The minimum Gasteiger partial charge on any atom is -0.493 e. The lowest BCUT2D eigenvalue weighted by Crippen LogP contribution is -2.31. The average molecular weight is 483 g/mol. The molecule has 0 spiro atoms. The number of fused-ring (bicyclic) bond motifs is 2. The van der Waals surface area contributed by atoms with Crippen molar-refractivity contribution < 1.29 is 13.9 Å². The van der Waals surface area contributed by atoms with E-state index in [-0.39, 0.29) is 18.2 Å². The second-order valence-corrected chi connectivity index (χ2v) is 9.01. The molecule has 0 saturated heterocycles. The Hall–Kier alpha value is -3.60. The minimum atomic E-state index is -0.725. The fourth-order valence-electron chi connectivity index (χ4n) is 3.48. The van der Waals surface area contributed by atoms with Gasteiger partial charge in [-0.3, -0.25) is 4.79 Å². The van der Waals surface area contributed by atoms with Crippen LogP contribution < -0.4 is 21.0 Å². The normalized spacial score (nSPS) is 11.3. The van der Waals surface area contributed by atoms with Gasteiger partial charge in [0.2, 0.25) is 0 Å². The van der Waals surface area contributed by atoms with Gasteiger partial charge in [-0.15, -0.1) is 0 Å². The fourth-order valence-corrected chi connectivity index (χ4v) is 4.05. The Morgan fingerprint density at radius 1 is 1.29 bits per heavy atom. The number of benzene rings is 1. The zero-order chi connectivity index (χ0) is 24.2. The molecule has 4 rings (SSSR count). The molecule has 4 aromatic rings. The van der Waals surface area contributed by atoms with Crippen LogP contribution in [0.5, 0.6) is 5.75 Å². The second kappa shape index (κ2) is 10.1. The first kappa shape index (κ1) is 23.6. The largest absolute Gasteiger partial charge is 0.493 e. The number of hydrogen-bond acceptors (Lipinski definition) is 9. The van der Waals surface area contributed by atoms with Crippen LogP contribution in [0.2, 0.25) is 0 Å². The van der Waals surface area contributed by atoms with Gasteiger partial charge in [-0.1, -0.05) is 30.8 Å². The summed E-state index contributed by atoms with van der Waals surface area (Å²) in [6.07, 6.45) is 1.72. The van der Waals surface area contributed by atoms with Crippen LogP contribution in [0.3, 0.4) is 0 Å². The van der Waals surface area contributed by atoms with Gasteiger partial charge in [0, 0.05) is 18.0 Å². The van der Waals surface area contributed by atoms with E-state index in [0.29, 0.717) is 34.1 Å². The third-order valence-electron chi connectivity index (χ3n) is 4.97. The van der Waals surface area contributed by atoms with Crippen LogP contribution in [0, 0.1) is 0 Å². The summed E-state index contributed by atoms with van der Waals surface area (Å²) in [6.45, 7) is 6.74. The molecule has 3 aromatic heterocycles. The zero-order valence-electron chi connectivity index (χ0n) is 19.4. The van der Waals surface area contributed by atoms with Gasteiger partial charge in [-0.05, 0) is 31.7 Å². The quantitative estimate of drug-likeness (QED) is 0.210. The number of amides is 1. The van der Waals surface area contributed by atoms with Crippen LogP contribution >= 0.6 is 11.8 Å². The standard InChI is InChI=1S/C23H26N6O4S/c1-5-34-23-27-19(26-13(2)3)16-12-25-29(20(16)28-23)10-9-24-21(30)15-11-14-7-6-8-17(32-4)18(14)33-22(15)31/h6-8,11-13H,5,9-10H2,1-4H3,(H,24,30)(H,26,27,28). The highest BCUT2D eigenvalue weighted by Gasteiger charge is 2.17. The number of rotatable bonds is 9. The Labute approximate surface area is 200 Å². The molecule has 0 unspecified atom stereocenters. The molecule has 34 heavy (non-hydrogen) atoms. The molecule has 2 N–H and O–H groups in total. The minimum absolute atomic E-state index is 0.0709. The van der Waals surface area contributed by atoms with Crippen molar-refractivity contribution in [3.05, 3.63) is 46.4 Å². The van der Waals surface area contributed by atoms with Gasteiger partial charge in [0.15, 0.2) is 22.1 Å². The van der Waals surface area contributed by atoms with Crippen molar-refractivity contribution >= 4 is 45.5 Å². The lowest BCUT2D eigenvalue weighted by atomic mass is 10.1. The molecule has 0 atom stereocenters. The summed E-state index contributed by atoms with van der Waals surface area (Å²) in [5.74, 6) is 1.49. The molecular weight excluding hydrogens is 456 g/mol. The SMILES string of the molecule is CCSc1nc(NC(C)C)c2cnn(CCNC(=O)c3cc4cccc(OC)c4oc3=O)c2n1. The van der Waals surface area contributed by atoms with Crippen LogP contribution in [0.4, 0.5) is 5.82 Å². The molecule has 0 bridgehead atoms. The summed E-state index contributed by atoms with van der Waals surface area (Å²) in [6, 6.07) is 6.92. The van der Waals surface area contributed by atoms with E-state index in [0.717, 1.165) is 17.0 Å². The second-order valence-electron chi connectivity index (χ2n) is 7.77. The Balaban J connectivity index is 1.52. The summed E-state index contributed by atoms with van der Waals surface area (Å²) < 4.78 is 12.3. The van der Waals surface area contributed by atoms with E-state index in [9.17, 15) is 9.59 Å². The van der Waals surface area contributed by atoms with E-state index in [1.807, 2.05) is 20.8 Å². The highest BCUT2D eigenvalue weighted by atomic mass is 32.2. The van der Waals surface area contributed by atoms with E-state index in [1.54, 1.807) is 40.8 Å². The maximum Gasteiger partial charge on any atom is 0.349 e. The van der Waals surface area contributed by atoms with Crippen LogP contribution in [-0.4, -0.2) is 51.1 Å². The molecule has 0 aliphatic heterocycles. The molecule has 0 aliphatic rings. The Morgan fingerprint density at radius 2 is 2.12 bits per heavy atom. The predicted molar refractivity (Wildman–Crippen MR) is 132 cm³/mol. The van der Waals surface area contributed by atoms with Crippen LogP contribution in [0.15, 0.2) is 44.8 Å². The number of para-hydroxylation sites is 1. The van der Waals surface area contributed by atoms with Gasteiger partial charge < -0.3 is 19.8 Å². The predicted octanol–water partition coefficient (Wildman–Crippen LogP) is 3.30. The zero-order valence-corrected chi connectivity index (χ0v) is 20.2. The third kappa shape index (κ3) is 4.84. The number of ether oxygens (including phenoxy) is 1. The highest BCUT2D eigenvalue weighted by molar-refractivity contribution is 7.99. The maximum atomic E-state index is 12.7. The van der Waals surface area contributed by atoms with Crippen molar-refractivity contribution in [3.63, 3.8) is 0 Å². The number of nitrogens with one attached hydrogen (secondary N) is 2. The number of hydrogen-bond donors (Lipinski definition) is 2. The van der Waals surface area contributed by atoms with Gasteiger partial charge in [-0.25, -0.2) is 19.4 Å². The first-order chi connectivity index (χ1) is 16.4. The summed E-state index contributed by atoms with van der Waals surface area (Å²) >= 11 is 1.55. The molecule has 0 saturated carbocycles. The van der Waals surface area contributed by atoms with Crippen molar-refractivity contribution in [2.75, 3.05) is 24.7 Å². The number of thioether (sulfide) groups is 1. The Kier molecular flexibility index (Phi) is 7.01. The summed E-state index contributed by atoms with van der Waals surface area (Å²) in [5, 5.41) is 12.6. The number of aromatic nitrogens is 4. The van der Waals surface area contributed by atoms with E-state index in [1.165, 1.54) is 13.2 Å². The molecule has 11 heteroatoms. The lowest BCUT2D eigenvalue weighted by molar-refractivity contribution is 0.0948. The first-order valence-corrected chi connectivity index (χ1v) is 11.9. The van der Waals surface area contributed by atoms with Crippen LogP contribution in [-0.2, 0) is 6.54 Å². The number of carbonyl (C=O) groups excluding carboxylic acids is 1. The van der Waals surface area contributed by atoms with Crippen molar-refractivity contribution in [2.45, 2.75) is 38.5 Å². The molecule has 1 aromatic carbocycles. The fraction of sp³-hybridized carbons (Fsp3) is 0.348. The Bertz CT molecular complexity index is 1400. The Morgan fingerprint density at radius 3 is 2.85 bits per heavy atom. The molecule has 178 valence electrons. The number of nitrogens with zero attached hydrogens (tertiary/aromatic N) is 4. The third-order valence-corrected chi connectivity index (χ3v) is 5.70. The highest BCUT2D eigenvalue weighted by Crippen LogP contribution is 2.25. The molecule has 3 heterocycles. The molecule has 0 radical (unpaired) electrons. The molecular formula is C23H26N6O4S. The maximum absolute atomic E-state index is 12.7. The number of methoxy groups -OCH3 is 1. The monoisotopic (exact) mass is 482 g/mol. The topological polar surface area (TPSA) is 124 Å². The van der Waals surface area contributed by atoms with Crippen LogP contribution in [0.25, 0.3) is 22.0 Å². The summed E-state index contributed by atoms with van der Waals surface area (Å²) in [4.78, 5) is 34.3. The van der Waals surface area contributed by atoms with Gasteiger partial charge in [0.1, 0.15) is 11.4 Å². The molecule has 0 fully saturated rings. The van der Waals surface area contributed by atoms with Crippen molar-refractivity contribution in [3.8, 4) is 5.75 Å². The van der Waals surface area contributed by atoms with E-state index < -0.39 is 11.5 Å². The number of anilines is 1. The summed E-state index contributed by atoms with van der Waals surface area (Å²) in [7, 11) is 1.49. The van der Waals surface area contributed by atoms with Gasteiger partial charge in [0.05, 0.1) is 25.2 Å². The molecule has 10 nitrogen and oxygen atoms in total. The van der Waals surface area contributed by atoms with Crippen molar-refractivity contribution in [2.24, 2.45) is 0 Å². The smallest absolute Gasteiger partial charge is 0.349 e. The van der Waals surface area contributed by atoms with Crippen molar-refractivity contribution in [1.82, 2.24) is 25.1 Å². The number of carbonyl (C=O) groups is 1. The van der Waals surface area contributed by atoms with E-state index in [2.05, 4.69) is 25.7 Å². The van der Waals surface area contributed by atoms with E-state index in [4.69, 9.17) is 9.15 Å². The van der Waals surface area contributed by atoms with Crippen LogP contribution in [0.1, 0.15) is 31.1 Å². The average Bonchev–Trinajstić information content (AvgIpc) is 3.21. The molecule has 1 amide bonds. The summed E-state index contributed by atoms with van der Waals surface area (Å²) in [5.41, 5.74) is 0.192. The van der Waals surface area contributed by atoms with Gasteiger partial charge >= 0.3 is 5.63 Å². The lowest BCUT2D eigenvalue weighted by Gasteiger charge is -2.12. The van der Waals surface area contributed by atoms with Gasteiger partial charge in [-0.2, -0.15) is 5.10 Å².